The van der Waals surface area contributed by atoms with E-state index in [9.17, 15) is 4.79 Å². The Kier molecular flexibility index (Phi) is 4.43. The lowest BCUT2D eigenvalue weighted by molar-refractivity contribution is -0.115. The van der Waals surface area contributed by atoms with Gasteiger partial charge in [-0.25, -0.2) is 0 Å². The maximum Gasteiger partial charge on any atom is 0.231 e. The van der Waals surface area contributed by atoms with Crippen molar-refractivity contribution >= 4 is 23.3 Å². The molecule has 2 N–H and O–H groups in total. The van der Waals surface area contributed by atoms with Crippen LogP contribution in [0.2, 0.25) is 5.02 Å². The number of aromatic amines is 1. The second-order valence-corrected chi connectivity index (χ2v) is 6.01. The molecule has 1 fully saturated rings. The zero-order valence-electron chi connectivity index (χ0n) is 12.4. The van der Waals surface area contributed by atoms with E-state index in [1.807, 2.05) is 13.0 Å². The van der Waals surface area contributed by atoms with Crippen LogP contribution >= 0.6 is 11.6 Å². The third kappa shape index (κ3) is 3.47. The molecule has 1 atom stereocenters. The van der Waals surface area contributed by atoms with E-state index < -0.39 is 0 Å². The molecule has 3 rings (SSSR count). The lowest BCUT2D eigenvalue weighted by atomic mass is 10.0. The van der Waals surface area contributed by atoms with Gasteiger partial charge in [0.25, 0.3) is 0 Å². The number of pyridine rings is 1. The van der Waals surface area contributed by atoms with Gasteiger partial charge in [-0.15, -0.1) is 0 Å². The zero-order chi connectivity index (χ0) is 15.5. The largest absolute Gasteiger partial charge is 0.309 e. The minimum Gasteiger partial charge on any atom is -0.309 e. The highest BCUT2D eigenvalue weighted by Gasteiger charge is 2.19. The molecule has 0 saturated heterocycles. The average molecular weight is 318 g/mol. The molecule has 6 heteroatoms. The standard InChI is InChI=1S/C16H18ClN4O/c1-10-13(17)7-6-12(18-10)8-16(22)19-15-9-14(20-21-15)11-4-2-3-5-11/h2,6-7,9,11H,3-5,8H2,1H3,(H2,19,20,21,22)/t11-/m0/s1. The van der Waals surface area contributed by atoms with Crippen LogP contribution in [-0.2, 0) is 11.2 Å². The number of nitrogens with zero attached hydrogens (tertiary/aromatic N) is 2. The van der Waals surface area contributed by atoms with Gasteiger partial charge in [0.2, 0.25) is 5.91 Å². The molecule has 0 unspecified atom stereocenters. The predicted octanol–water partition coefficient (Wildman–Crippen LogP) is 3.42. The number of H-pyrrole nitrogens is 1. The van der Waals surface area contributed by atoms with E-state index in [2.05, 4.69) is 26.9 Å². The average Bonchev–Trinajstić information content (AvgIpc) is 3.13. The Balaban J connectivity index is 1.60. The van der Waals surface area contributed by atoms with E-state index in [0.29, 0.717) is 22.5 Å². The fourth-order valence-electron chi connectivity index (χ4n) is 2.69. The molecule has 0 aromatic carbocycles. The van der Waals surface area contributed by atoms with Gasteiger partial charge in [0.1, 0.15) is 0 Å². The first-order valence-corrected chi connectivity index (χ1v) is 7.78. The summed E-state index contributed by atoms with van der Waals surface area (Å²) in [7, 11) is 0. The Labute approximate surface area is 134 Å². The summed E-state index contributed by atoms with van der Waals surface area (Å²) in [5.74, 6) is 0.932. The molecule has 2 heterocycles. The SMILES string of the molecule is Cc1nc(CC(=O)Nc2cc([C@H]3C[CH]CC3)[nH]n2)ccc1Cl. The number of hydrogen-bond donors (Lipinski definition) is 2. The normalized spacial score (nSPS) is 15.2. The highest BCUT2D eigenvalue weighted by molar-refractivity contribution is 6.31. The summed E-state index contributed by atoms with van der Waals surface area (Å²) < 4.78 is 0. The minimum atomic E-state index is -0.134. The van der Waals surface area contributed by atoms with Gasteiger partial charge in [-0.1, -0.05) is 11.6 Å². The van der Waals surface area contributed by atoms with E-state index in [4.69, 9.17) is 11.6 Å². The van der Waals surface area contributed by atoms with E-state index in [0.717, 1.165) is 30.7 Å². The first-order valence-electron chi connectivity index (χ1n) is 7.40. The maximum absolute atomic E-state index is 12.1. The van der Waals surface area contributed by atoms with Crippen molar-refractivity contribution < 1.29 is 4.79 Å². The molecule has 0 aliphatic heterocycles. The van der Waals surface area contributed by atoms with Gasteiger partial charge >= 0.3 is 0 Å². The van der Waals surface area contributed by atoms with Gasteiger partial charge in [0.15, 0.2) is 5.82 Å². The van der Waals surface area contributed by atoms with E-state index in [1.54, 1.807) is 12.1 Å². The quantitative estimate of drug-likeness (QED) is 0.907. The fourth-order valence-corrected chi connectivity index (χ4v) is 2.80. The van der Waals surface area contributed by atoms with Crippen LogP contribution in [0.5, 0.6) is 0 Å². The zero-order valence-corrected chi connectivity index (χ0v) is 13.2. The van der Waals surface area contributed by atoms with Crippen molar-refractivity contribution in [2.24, 2.45) is 0 Å². The molecule has 2 aromatic heterocycles. The molecule has 115 valence electrons. The Morgan fingerprint density at radius 1 is 1.50 bits per heavy atom. The summed E-state index contributed by atoms with van der Waals surface area (Å²) in [6.07, 6.45) is 5.86. The fraction of sp³-hybridized carbons (Fsp3) is 0.375. The maximum atomic E-state index is 12.1. The summed E-state index contributed by atoms with van der Waals surface area (Å²) in [4.78, 5) is 16.4. The first kappa shape index (κ1) is 15.0. The molecule has 2 aromatic rings. The number of hydrogen-bond acceptors (Lipinski definition) is 3. The van der Waals surface area contributed by atoms with Crippen molar-refractivity contribution in [2.45, 2.75) is 38.5 Å². The molecule has 0 bridgehead atoms. The van der Waals surface area contributed by atoms with Crippen LogP contribution in [0.4, 0.5) is 5.82 Å². The summed E-state index contributed by atoms with van der Waals surface area (Å²) in [5.41, 5.74) is 2.51. The second-order valence-electron chi connectivity index (χ2n) is 5.60. The topological polar surface area (TPSA) is 70.7 Å². The van der Waals surface area contributed by atoms with Gasteiger partial charge in [0, 0.05) is 17.7 Å². The Morgan fingerprint density at radius 3 is 3.09 bits per heavy atom. The van der Waals surface area contributed by atoms with Crippen LogP contribution in [0.15, 0.2) is 18.2 Å². The van der Waals surface area contributed by atoms with Gasteiger partial charge in [-0.05, 0) is 44.7 Å². The first-order chi connectivity index (χ1) is 10.6. The Morgan fingerprint density at radius 2 is 2.36 bits per heavy atom. The van der Waals surface area contributed by atoms with Crippen molar-refractivity contribution in [3.63, 3.8) is 0 Å². The summed E-state index contributed by atoms with van der Waals surface area (Å²) in [6, 6.07) is 5.44. The van der Waals surface area contributed by atoms with Crippen LogP contribution in [-0.4, -0.2) is 21.1 Å². The van der Waals surface area contributed by atoms with Crippen LogP contribution in [0.1, 0.15) is 42.3 Å². The molecule has 1 amide bonds. The van der Waals surface area contributed by atoms with E-state index >= 15 is 0 Å². The van der Waals surface area contributed by atoms with Crippen LogP contribution in [0, 0.1) is 13.3 Å². The van der Waals surface area contributed by atoms with Gasteiger partial charge < -0.3 is 5.32 Å². The van der Waals surface area contributed by atoms with Crippen molar-refractivity contribution in [1.82, 2.24) is 15.2 Å². The van der Waals surface area contributed by atoms with Crippen LogP contribution in [0.25, 0.3) is 0 Å². The predicted molar refractivity (Wildman–Crippen MR) is 85.8 cm³/mol. The number of halogens is 1. The number of rotatable bonds is 4. The second kappa shape index (κ2) is 6.48. The number of aromatic nitrogens is 3. The summed E-state index contributed by atoms with van der Waals surface area (Å²) in [5, 5.41) is 10.6. The number of amides is 1. The summed E-state index contributed by atoms with van der Waals surface area (Å²) >= 11 is 5.93. The van der Waals surface area contributed by atoms with Gasteiger partial charge in [-0.3, -0.25) is 14.9 Å². The van der Waals surface area contributed by atoms with Crippen molar-refractivity contribution in [3.05, 3.63) is 46.7 Å². The monoisotopic (exact) mass is 317 g/mol. The number of anilines is 1. The number of aryl methyl sites for hydroxylation is 1. The highest BCUT2D eigenvalue weighted by Crippen LogP contribution is 2.33. The summed E-state index contributed by atoms with van der Waals surface area (Å²) in [6.45, 7) is 1.82. The third-order valence-electron chi connectivity index (χ3n) is 3.90. The molecule has 0 spiro atoms. The number of carbonyl (C=O) groups excluding carboxylic acids is 1. The van der Waals surface area contributed by atoms with E-state index in [1.165, 1.54) is 0 Å². The molecule has 5 nitrogen and oxygen atoms in total. The van der Waals surface area contributed by atoms with Gasteiger partial charge in [-0.2, -0.15) is 5.10 Å². The van der Waals surface area contributed by atoms with Crippen LogP contribution < -0.4 is 5.32 Å². The lowest BCUT2D eigenvalue weighted by Crippen LogP contribution is -2.15. The smallest absolute Gasteiger partial charge is 0.231 e. The number of nitrogens with one attached hydrogen (secondary N) is 2. The Bertz CT molecular complexity index is 677. The number of carbonyl (C=O) groups is 1. The molecule has 22 heavy (non-hydrogen) atoms. The molecule has 1 aliphatic rings. The van der Waals surface area contributed by atoms with Gasteiger partial charge in [0.05, 0.1) is 22.8 Å². The van der Waals surface area contributed by atoms with Crippen LogP contribution in [0.3, 0.4) is 0 Å². The van der Waals surface area contributed by atoms with Crippen molar-refractivity contribution in [1.29, 1.82) is 0 Å². The third-order valence-corrected chi connectivity index (χ3v) is 4.30. The van der Waals surface area contributed by atoms with E-state index in [-0.39, 0.29) is 12.3 Å². The molecular formula is C16H18ClN4O. The Hall–Kier alpha value is -1.88. The molecular weight excluding hydrogens is 300 g/mol. The molecule has 1 aliphatic carbocycles. The van der Waals surface area contributed by atoms with Crippen molar-refractivity contribution in [2.75, 3.05) is 5.32 Å². The lowest BCUT2D eigenvalue weighted by Gasteiger charge is -2.04. The minimum absolute atomic E-state index is 0.134. The molecule has 1 radical (unpaired) electrons. The molecule has 1 saturated carbocycles. The van der Waals surface area contributed by atoms with Crippen molar-refractivity contribution in [3.8, 4) is 0 Å². The highest BCUT2D eigenvalue weighted by atomic mass is 35.5.